The van der Waals surface area contributed by atoms with Gasteiger partial charge in [-0.25, -0.2) is 4.79 Å². The fourth-order valence-electron chi connectivity index (χ4n) is 2.00. The molecule has 0 aromatic heterocycles. The van der Waals surface area contributed by atoms with E-state index in [2.05, 4.69) is 0 Å². The quantitative estimate of drug-likeness (QED) is 0.734. The number of benzene rings is 1. The summed E-state index contributed by atoms with van der Waals surface area (Å²) in [7, 11) is 0. The van der Waals surface area contributed by atoms with E-state index in [1.54, 1.807) is 0 Å². The average molecular weight is 265 g/mol. The molecule has 0 spiro atoms. The normalized spacial score (nSPS) is 18.6. The molecule has 1 aromatic carbocycles. The van der Waals surface area contributed by atoms with Crippen LogP contribution in [-0.4, -0.2) is 39.7 Å². The lowest BCUT2D eigenvalue weighted by atomic mass is 10.1. The monoisotopic (exact) mass is 265 g/mol. The van der Waals surface area contributed by atoms with Gasteiger partial charge in [-0.15, -0.1) is 0 Å². The molecule has 1 atom stereocenters. The highest BCUT2D eigenvalue weighted by atomic mass is 16.4. The first-order valence-electron chi connectivity index (χ1n) is 5.49. The van der Waals surface area contributed by atoms with Crippen LogP contribution in [0.1, 0.15) is 16.8 Å². The van der Waals surface area contributed by atoms with Crippen LogP contribution in [0, 0.1) is 5.92 Å². The van der Waals surface area contributed by atoms with Crippen LogP contribution in [0.5, 0.6) is 5.75 Å². The van der Waals surface area contributed by atoms with Crippen LogP contribution in [0.2, 0.25) is 0 Å². The van der Waals surface area contributed by atoms with E-state index in [1.165, 1.54) is 17.0 Å². The van der Waals surface area contributed by atoms with Gasteiger partial charge in [0.15, 0.2) is 0 Å². The van der Waals surface area contributed by atoms with E-state index in [-0.39, 0.29) is 30.0 Å². The zero-order valence-corrected chi connectivity index (χ0v) is 9.74. The molecule has 1 aromatic rings. The van der Waals surface area contributed by atoms with Crippen molar-refractivity contribution in [1.29, 1.82) is 0 Å². The highest BCUT2D eigenvalue weighted by Crippen LogP contribution is 2.29. The molecule has 1 amide bonds. The third-order valence-corrected chi connectivity index (χ3v) is 2.94. The SMILES string of the molecule is O=C(O)c1cc(O)cc(N2CC(C(=O)O)CC2=O)c1. The van der Waals surface area contributed by atoms with Crippen molar-refractivity contribution in [3.8, 4) is 5.75 Å². The van der Waals surface area contributed by atoms with Crippen molar-refractivity contribution in [1.82, 2.24) is 0 Å². The molecular weight excluding hydrogens is 254 g/mol. The van der Waals surface area contributed by atoms with Gasteiger partial charge in [-0.2, -0.15) is 0 Å². The number of nitrogens with zero attached hydrogens (tertiary/aromatic N) is 1. The molecule has 1 aliphatic rings. The average Bonchev–Trinajstić information content (AvgIpc) is 2.70. The molecule has 1 heterocycles. The number of aromatic carboxylic acids is 1. The Bertz CT molecular complexity index is 567. The molecule has 0 saturated carbocycles. The van der Waals surface area contributed by atoms with Crippen LogP contribution >= 0.6 is 0 Å². The minimum Gasteiger partial charge on any atom is -0.508 e. The molecule has 100 valence electrons. The first-order chi connectivity index (χ1) is 8.88. The van der Waals surface area contributed by atoms with Crippen molar-refractivity contribution in [3.05, 3.63) is 23.8 Å². The van der Waals surface area contributed by atoms with Crippen LogP contribution in [0.3, 0.4) is 0 Å². The van der Waals surface area contributed by atoms with Gasteiger partial charge in [-0.1, -0.05) is 0 Å². The lowest BCUT2D eigenvalue weighted by molar-refractivity contribution is -0.141. The molecular formula is C12H11NO6. The van der Waals surface area contributed by atoms with E-state index in [9.17, 15) is 19.5 Å². The molecule has 19 heavy (non-hydrogen) atoms. The summed E-state index contributed by atoms with van der Waals surface area (Å²) in [6.07, 6.45) is -0.132. The molecule has 0 radical (unpaired) electrons. The van der Waals surface area contributed by atoms with Gasteiger partial charge in [0.1, 0.15) is 5.75 Å². The van der Waals surface area contributed by atoms with Crippen molar-refractivity contribution in [2.75, 3.05) is 11.4 Å². The van der Waals surface area contributed by atoms with Crippen molar-refractivity contribution < 1.29 is 29.7 Å². The second kappa shape index (κ2) is 4.60. The second-order valence-corrected chi connectivity index (χ2v) is 4.29. The molecule has 1 aliphatic heterocycles. The maximum atomic E-state index is 11.7. The number of anilines is 1. The number of carbonyl (C=O) groups excluding carboxylic acids is 1. The van der Waals surface area contributed by atoms with Crippen LogP contribution in [0.25, 0.3) is 0 Å². The topological polar surface area (TPSA) is 115 Å². The number of hydrogen-bond donors (Lipinski definition) is 3. The number of phenols is 1. The molecule has 3 N–H and O–H groups in total. The maximum Gasteiger partial charge on any atom is 0.335 e. The Labute approximate surface area is 107 Å². The van der Waals surface area contributed by atoms with Crippen LogP contribution < -0.4 is 4.90 Å². The Morgan fingerprint density at radius 1 is 1.21 bits per heavy atom. The van der Waals surface area contributed by atoms with E-state index < -0.39 is 23.8 Å². The van der Waals surface area contributed by atoms with E-state index in [4.69, 9.17) is 10.2 Å². The largest absolute Gasteiger partial charge is 0.508 e. The number of carboxylic acids is 2. The highest BCUT2D eigenvalue weighted by Gasteiger charge is 2.35. The Morgan fingerprint density at radius 3 is 2.42 bits per heavy atom. The molecule has 7 nitrogen and oxygen atoms in total. The summed E-state index contributed by atoms with van der Waals surface area (Å²) in [4.78, 5) is 34.6. The minimum absolute atomic E-state index is 0.0311. The van der Waals surface area contributed by atoms with Gasteiger partial charge >= 0.3 is 11.9 Å². The molecule has 1 unspecified atom stereocenters. The Morgan fingerprint density at radius 2 is 1.89 bits per heavy atom. The number of rotatable bonds is 3. The maximum absolute atomic E-state index is 11.7. The van der Waals surface area contributed by atoms with Crippen LogP contribution in [-0.2, 0) is 9.59 Å². The van der Waals surface area contributed by atoms with Gasteiger partial charge in [0.2, 0.25) is 5.91 Å². The number of hydrogen-bond acceptors (Lipinski definition) is 4. The fraction of sp³-hybridized carbons (Fsp3) is 0.250. The number of aromatic hydroxyl groups is 1. The van der Waals surface area contributed by atoms with Gasteiger partial charge in [-0.3, -0.25) is 9.59 Å². The van der Waals surface area contributed by atoms with Gasteiger partial charge < -0.3 is 20.2 Å². The lowest BCUT2D eigenvalue weighted by Crippen LogP contribution is -2.26. The Kier molecular flexibility index (Phi) is 3.12. The van der Waals surface area contributed by atoms with Crippen LogP contribution in [0.4, 0.5) is 5.69 Å². The number of phenolic OH excluding ortho intramolecular Hbond substituents is 1. The minimum atomic E-state index is -1.24. The zero-order valence-electron chi connectivity index (χ0n) is 9.74. The molecule has 2 rings (SSSR count). The van der Waals surface area contributed by atoms with E-state index in [0.717, 1.165) is 6.07 Å². The molecule has 1 saturated heterocycles. The highest BCUT2D eigenvalue weighted by molar-refractivity contribution is 6.00. The summed E-state index contributed by atoms with van der Waals surface area (Å²) < 4.78 is 0. The molecule has 7 heteroatoms. The first-order valence-corrected chi connectivity index (χ1v) is 5.49. The summed E-state index contributed by atoms with van der Waals surface area (Å²) in [5, 5.41) is 27.2. The summed E-state index contributed by atoms with van der Waals surface area (Å²) >= 11 is 0. The third kappa shape index (κ3) is 2.49. The van der Waals surface area contributed by atoms with E-state index in [0.29, 0.717) is 0 Å². The third-order valence-electron chi connectivity index (χ3n) is 2.94. The van der Waals surface area contributed by atoms with Gasteiger partial charge in [0, 0.05) is 24.7 Å². The smallest absolute Gasteiger partial charge is 0.335 e. The lowest BCUT2D eigenvalue weighted by Gasteiger charge is -2.17. The summed E-state index contributed by atoms with van der Waals surface area (Å²) in [5.74, 6) is -3.83. The summed E-state index contributed by atoms with van der Waals surface area (Å²) in [6, 6.07) is 3.51. The van der Waals surface area contributed by atoms with Crippen molar-refractivity contribution in [3.63, 3.8) is 0 Å². The van der Waals surface area contributed by atoms with Gasteiger partial charge in [0.25, 0.3) is 0 Å². The Balaban J connectivity index is 2.34. The fourth-order valence-corrected chi connectivity index (χ4v) is 2.00. The van der Waals surface area contributed by atoms with Gasteiger partial charge in [0.05, 0.1) is 11.5 Å². The summed E-state index contributed by atoms with van der Waals surface area (Å²) in [6.45, 7) is -0.0311. The molecule has 0 bridgehead atoms. The van der Waals surface area contributed by atoms with Crippen molar-refractivity contribution in [2.24, 2.45) is 5.92 Å². The molecule has 0 aliphatic carbocycles. The predicted molar refractivity (Wildman–Crippen MR) is 63.2 cm³/mol. The predicted octanol–water partition coefficient (Wildman–Crippen LogP) is 0.528. The standard InChI is InChI=1S/C12H11NO6/c14-9-2-6(11(16)17)1-8(4-9)13-5-7(12(18)19)3-10(13)15/h1-2,4,7,14H,3,5H2,(H,16,17)(H,18,19). The van der Waals surface area contributed by atoms with Crippen molar-refractivity contribution >= 4 is 23.5 Å². The Hall–Kier alpha value is -2.57. The molecule has 1 fully saturated rings. The van der Waals surface area contributed by atoms with Crippen LogP contribution in [0.15, 0.2) is 18.2 Å². The van der Waals surface area contributed by atoms with E-state index >= 15 is 0 Å². The van der Waals surface area contributed by atoms with Crippen molar-refractivity contribution in [2.45, 2.75) is 6.42 Å². The number of carbonyl (C=O) groups is 3. The number of amides is 1. The zero-order chi connectivity index (χ0) is 14.2. The van der Waals surface area contributed by atoms with Gasteiger partial charge in [-0.05, 0) is 12.1 Å². The first kappa shape index (κ1) is 12.9. The number of aliphatic carboxylic acids is 1. The van der Waals surface area contributed by atoms with E-state index in [1.807, 2.05) is 0 Å². The number of carboxylic acid groups (broad SMARTS) is 2. The second-order valence-electron chi connectivity index (χ2n) is 4.29. The summed E-state index contributed by atoms with van der Waals surface area (Å²) in [5.41, 5.74) is 0.0210.